The third-order valence-electron chi connectivity index (χ3n) is 4.53. The zero-order valence-electron chi connectivity index (χ0n) is 15.1. The van der Waals surface area contributed by atoms with E-state index in [1.54, 1.807) is 24.4 Å². The number of likely N-dealkylation sites (tertiary alicyclic amines) is 1. The molecule has 8 heteroatoms. The Balaban J connectivity index is 1.49. The summed E-state index contributed by atoms with van der Waals surface area (Å²) in [5.41, 5.74) is 0.991. The fourth-order valence-electron chi connectivity index (χ4n) is 3.03. The van der Waals surface area contributed by atoms with Crippen molar-refractivity contribution in [3.63, 3.8) is 0 Å². The summed E-state index contributed by atoms with van der Waals surface area (Å²) in [4.78, 5) is 18.3. The monoisotopic (exact) mass is 407 g/mol. The van der Waals surface area contributed by atoms with E-state index < -0.39 is 0 Å². The number of thiocarbonyl (C=S) groups is 1. The fraction of sp³-hybridized carbons (Fsp3) is 0.421. The second-order valence-corrected chi connectivity index (χ2v) is 7.58. The maximum atomic E-state index is 13.7. The standard InChI is InChI=1S/C19H22FN3O2S2/c1-2-25-18(24)16-12-27-17(22-16)13-7-9-23(10-8-13)19(26)21-11-14-5-3-4-6-15(14)20/h3-6,12-13H,2,7-11H2,1H3,(H,21,26). The van der Waals surface area contributed by atoms with Gasteiger partial charge in [-0.3, -0.25) is 0 Å². The van der Waals surface area contributed by atoms with Crippen molar-refractivity contribution in [2.24, 2.45) is 0 Å². The number of esters is 1. The molecule has 1 N–H and O–H groups in total. The fourth-order valence-corrected chi connectivity index (χ4v) is 4.24. The van der Waals surface area contributed by atoms with Crippen LogP contribution in [0.2, 0.25) is 0 Å². The lowest BCUT2D eigenvalue weighted by molar-refractivity contribution is 0.0520. The highest BCUT2D eigenvalue weighted by Gasteiger charge is 2.25. The number of benzene rings is 1. The number of hydrogen-bond acceptors (Lipinski definition) is 5. The van der Waals surface area contributed by atoms with Crippen LogP contribution >= 0.6 is 23.6 Å². The third kappa shape index (κ3) is 5.01. The van der Waals surface area contributed by atoms with E-state index in [9.17, 15) is 9.18 Å². The van der Waals surface area contributed by atoms with Gasteiger partial charge in [-0.25, -0.2) is 14.2 Å². The molecule has 2 heterocycles. The van der Waals surface area contributed by atoms with Gasteiger partial charge in [0.25, 0.3) is 0 Å². The largest absolute Gasteiger partial charge is 0.461 e. The molecule has 2 aromatic rings. The smallest absolute Gasteiger partial charge is 0.357 e. The van der Waals surface area contributed by atoms with Crippen molar-refractivity contribution in [1.82, 2.24) is 15.2 Å². The second kappa shape index (κ2) is 9.23. The predicted octanol–water partition coefficient (Wildman–Crippen LogP) is 3.71. The van der Waals surface area contributed by atoms with E-state index >= 15 is 0 Å². The maximum Gasteiger partial charge on any atom is 0.357 e. The number of nitrogens with zero attached hydrogens (tertiary/aromatic N) is 2. The van der Waals surface area contributed by atoms with Gasteiger partial charge in [0.15, 0.2) is 10.8 Å². The van der Waals surface area contributed by atoms with Gasteiger partial charge >= 0.3 is 5.97 Å². The lowest BCUT2D eigenvalue weighted by atomic mass is 9.98. The van der Waals surface area contributed by atoms with E-state index in [4.69, 9.17) is 17.0 Å². The Labute approximate surface area is 167 Å². The highest BCUT2D eigenvalue weighted by atomic mass is 32.1. The molecular formula is C19H22FN3O2S2. The average Bonchev–Trinajstić information content (AvgIpc) is 3.18. The van der Waals surface area contributed by atoms with Crippen LogP contribution in [-0.2, 0) is 11.3 Å². The minimum absolute atomic E-state index is 0.229. The van der Waals surface area contributed by atoms with Crippen LogP contribution in [0.1, 0.15) is 46.7 Å². The molecule has 0 saturated carbocycles. The number of piperidine rings is 1. The van der Waals surface area contributed by atoms with Gasteiger partial charge in [0.1, 0.15) is 5.82 Å². The first-order valence-electron chi connectivity index (χ1n) is 8.97. The van der Waals surface area contributed by atoms with Crippen LogP contribution in [-0.4, -0.2) is 40.7 Å². The molecule has 0 unspecified atom stereocenters. The number of carbonyl (C=O) groups excluding carboxylic acids is 1. The van der Waals surface area contributed by atoms with Gasteiger partial charge in [-0.2, -0.15) is 0 Å². The van der Waals surface area contributed by atoms with E-state index in [2.05, 4.69) is 15.2 Å². The van der Waals surface area contributed by atoms with Gasteiger partial charge in [0, 0.05) is 36.5 Å². The van der Waals surface area contributed by atoms with E-state index in [1.807, 2.05) is 6.07 Å². The molecule has 27 heavy (non-hydrogen) atoms. The summed E-state index contributed by atoms with van der Waals surface area (Å²) >= 11 is 6.97. The zero-order valence-corrected chi connectivity index (χ0v) is 16.7. The molecule has 1 aromatic carbocycles. The Hall–Kier alpha value is -2.06. The number of nitrogens with one attached hydrogen (secondary N) is 1. The van der Waals surface area contributed by atoms with Crippen LogP contribution in [0.15, 0.2) is 29.6 Å². The average molecular weight is 408 g/mol. The lowest BCUT2D eigenvalue weighted by Crippen LogP contribution is -2.43. The third-order valence-corrected chi connectivity index (χ3v) is 5.94. The molecule has 0 atom stereocenters. The van der Waals surface area contributed by atoms with Crippen molar-refractivity contribution in [1.29, 1.82) is 0 Å². The molecule has 0 amide bonds. The SMILES string of the molecule is CCOC(=O)c1csc(C2CCN(C(=S)NCc3ccccc3F)CC2)n1. The molecule has 3 rings (SSSR count). The predicted molar refractivity (Wildman–Crippen MR) is 107 cm³/mol. The number of rotatable bonds is 5. The molecule has 0 radical (unpaired) electrons. The van der Waals surface area contributed by atoms with Crippen molar-refractivity contribution < 1.29 is 13.9 Å². The molecular weight excluding hydrogens is 385 g/mol. The number of halogens is 1. The van der Waals surface area contributed by atoms with Gasteiger partial charge in [-0.15, -0.1) is 11.3 Å². The zero-order chi connectivity index (χ0) is 19.2. The van der Waals surface area contributed by atoms with Crippen molar-refractivity contribution in [3.05, 3.63) is 51.7 Å². The van der Waals surface area contributed by atoms with E-state index in [-0.39, 0.29) is 11.8 Å². The lowest BCUT2D eigenvalue weighted by Gasteiger charge is -2.33. The molecule has 144 valence electrons. The number of thiazole rings is 1. The van der Waals surface area contributed by atoms with Gasteiger partial charge in [-0.1, -0.05) is 18.2 Å². The van der Waals surface area contributed by atoms with Crippen LogP contribution in [0.25, 0.3) is 0 Å². The summed E-state index contributed by atoms with van der Waals surface area (Å²) in [5, 5.41) is 6.52. The highest BCUT2D eigenvalue weighted by Crippen LogP contribution is 2.30. The van der Waals surface area contributed by atoms with Crippen molar-refractivity contribution >= 4 is 34.6 Å². The summed E-state index contributed by atoms with van der Waals surface area (Å²) in [6.45, 7) is 4.12. The Morgan fingerprint density at radius 1 is 1.41 bits per heavy atom. The minimum Gasteiger partial charge on any atom is -0.461 e. The number of ether oxygens (including phenoxy) is 1. The van der Waals surface area contributed by atoms with Gasteiger partial charge < -0.3 is 15.0 Å². The van der Waals surface area contributed by atoms with Gasteiger partial charge in [0.2, 0.25) is 0 Å². The Morgan fingerprint density at radius 2 is 2.15 bits per heavy atom. The molecule has 1 aliphatic heterocycles. The van der Waals surface area contributed by atoms with Crippen LogP contribution in [0.5, 0.6) is 0 Å². The molecule has 0 bridgehead atoms. The number of hydrogen-bond donors (Lipinski definition) is 1. The molecule has 0 spiro atoms. The Morgan fingerprint density at radius 3 is 2.85 bits per heavy atom. The van der Waals surface area contributed by atoms with Crippen LogP contribution in [0.4, 0.5) is 4.39 Å². The summed E-state index contributed by atoms with van der Waals surface area (Å²) in [7, 11) is 0. The van der Waals surface area contributed by atoms with Gasteiger partial charge in [0.05, 0.1) is 11.6 Å². The van der Waals surface area contributed by atoms with Crippen LogP contribution in [0.3, 0.4) is 0 Å². The molecule has 1 aromatic heterocycles. The van der Waals surface area contributed by atoms with Gasteiger partial charge in [-0.05, 0) is 38.0 Å². The second-order valence-electron chi connectivity index (χ2n) is 6.30. The molecule has 0 aliphatic carbocycles. The first kappa shape index (κ1) is 19.7. The van der Waals surface area contributed by atoms with Crippen molar-refractivity contribution in [2.75, 3.05) is 19.7 Å². The Kier molecular flexibility index (Phi) is 6.73. The molecule has 1 aliphatic rings. The Bertz CT molecular complexity index is 804. The number of carbonyl (C=O) groups is 1. The summed E-state index contributed by atoms with van der Waals surface area (Å²) in [6, 6.07) is 6.69. The normalized spacial score (nSPS) is 14.8. The molecule has 5 nitrogen and oxygen atoms in total. The molecule has 1 fully saturated rings. The quantitative estimate of drug-likeness (QED) is 0.602. The summed E-state index contributed by atoms with van der Waals surface area (Å²) in [6.07, 6.45) is 1.83. The summed E-state index contributed by atoms with van der Waals surface area (Å²) < 4.78 is 18.7. The summed E-state index contributed by atoms with van der Waals surface area (Å²) in [5.74, 6) is -0.271. The van der Waals surface area contributed by atoms with Crippen molar-refractivity contribution in [3.8, 4) is 0 Å². The number of aromatic nitrogens is 1. The van der Waals surface area contributed by atoms with Crippen LogP contribution in [0, 0.1) is 5.82 Å². The first-order chi connectivity index (χ1) is 13.1. The molecule has 1 saturated heterocycles. The van der Waals surface area contributed by atoms with E-state index in [0.29, 0.717) is 35.4 Å². The van der Waals surface area contributed by atoms with E-state index in [1.165, 1.54) is 17.4 Å². The minimum atomic E-state index is -0.365. The van der Waals surface area contributed by atoms with Crippen LogP contribution < -0.4 is 5.32 Å². The van der Waals surface area contributed by atoms with Crippen molar-refractivity contribution in [2.45, 2.75) is 32.2 Å². The maximum absolute atomic E-state index is 13.7. The topological polar surface area (TPSA) is 54.5 Å². The van der Waals surface area contributed by atoms with E-state index in [0.717, 1.165) is 30.9 Å². The first-order valence-corrected chi connectivity index (χ1v) is 10.3. The highest BCUT2D eigenvalue weighted by molar-refractivity contribution is 7.80.